The fourth-order valence-electron chi connectivity index (χ4n) is 1.58. The third kappa shape index (κ3) is 2.84. The average Bonchev–Trinajstić information content (AvgIpc) is 2.34. The maximum absolute atomic E-state index is 10.4. The van der Waals surface area contributed by atoms with Gasteiger partial charge in [-0.1, -0.05) is 24.3 Å². The van der Waals surface area contributed by atoms with Gasteiger partial charge in [-0.3, -0.25) is 0 Å². The van der Waals surface area contributed by atoms with Crippen LogP contribution in [0.3, 0.4) is 0 Å². The van der Waals surface area contributed by atoms with Crippen molar-refractivity contribution in [3.05, 3.63) is 36.5 Å². The zero-order chi connectivity index (χ0) is 12.1. The smallest absolute Gasteiger partial charge is 0.404 e. The molecule has 0 unspecified atom stereocenters. The van der Waals surface area contributed by atoms with Crippen LogP contribution in [0.4, 0.5) is 10.6 Å². The number of anilines is 1. The Balaban J connectivity index is 2.05. The molecule has 17 heavy (non-hydrogen) atoms. The van der Waals surface area contributed by atoms with Gasteiger partial charge in [0.2, 0.25) is 0 Å². The molecule has 0 aliphatic rings. The normalized spacial score (nSPS) is 10.1. The first kappa shape index (κ1) is 11.2. The van der Waals surface area contributed by atoms with E-state index in [-0.39, 0.29) is 6.61 Å². The molecule has 1 aromatic heterocycles. The van der Waals surface area contributed by atoms with Crippen LogP contribution in [0.15, 0.2) is 36.5 Å². The first-order valence-corrected chi connectivity index (χ1v) is 5.27. The van der Waals surface area contributed by atoms with Crippen molar-refractivity contribution in [2.45, 2.75) is 0 Å². The maximum atomic E-state index is 10.4. The van der Waals surface area contributed by atoms with Gasteiger partial charge in [-0.15, -0.1) is 0 Å². The number of rotatable bonds is 4. The summed E-state index contributed by atoms with van der Waals surface area (Å²) in [5.41, 5.74) is 4.86. The minimum absolute atomic E-state index is 0.222. The summed E-state index contributed by atoms with van der Waals surface area (Å²) in [6.45, 7) is 0.699. The van der Waals surface area contributed by atoms with Crippen molar-refractivity contribution < 1.29 is 9.53 Å². The zero-order valence-corrected chi connectivity index (χ0v) is 9.22. The van der Waals surface area contributed by atoms with Gasteiger partial charge in [-0.2, -0.15) is 0 Å². The van der Waals surface area contributed by atoms with Gasteiger partial charge in [0, 0.05) is 11.6 Å². The van der Waals surface area contributed by atoms with Crippen LogP contribution in [0.5, 0.6) is 0 Å². The summed E-state index contributed by atoms with van der Waals surface area (Å²) >= 11 is 0. The number of fused-ring (bicyclic) bond motifs is 1. The predicted molar refractivity (Wildman–Crippen MR) is 65.8 cm³/mol. The lowest BCUT2D eigenvalue weighted by Gasteiger charge is -2.08. The highest BCUT2D eigenvalue weighted by Gasteiger charge is 2.00. The van der Waals surface area contributed by atoms with Gasteiger partial charge in [0.25, 0.3) is 0 Å². The Morgan fingerprint density at radius 2 is 2.18 bits per heavy atom. The molecule has 1 amide bonds. The van der Waals surface area contributed by atoms with E-state index < -0.39 is 6.09 Å². The van der Waals surface area contributed by atoms with Gasteiger partial charge in [0.1, 0.15) is 12.4 Å². The van der Waals surface area contributed by atoms with E-state index in [0.717, 1.165) is 16.6 Å². The summed E-state index contributed by atoms with van der Waals surface area (Å²) in [5, 5.41) is 5.25. The number of nitrogens with two attached hydrogens (primary N) is 1. The van der Waals surface area contributed by atoms with Crippen molar-refractivity contribution in [3.63, 3.8) is 0 Å². The van der Waals surface area contributed by atoms with Gasteiger partial charge in [0.15, 0.2) is 0 Å². The van der Waals surface area contributed by atoms with E-state index in [1.165, 1.54) is 0 Å². The number of ether oxygens (including phenoxy) is 1. The largest absolute Gasteiger partial charge is 0.448 e. The molecule has 0 saturated heterocycles. The van der Waals surface area contributed by atoms with Gasteiger partial charge in [-0.05, 0) is 11.5 Å². The fraction of sp³-hybridized carbons (Fsp3) is 0.167. The van der Waals surface area contributed by atoms with Crippen LogP contribution >= 0.6 is 0 Å². The average molecular weight is 231 g/mol. The SMILES string of the molecule is NC(=O)OCCNc1nccc2ccccc12. The Labute approximate surface area is 98.6 Å². The molecular formula is C12H13N3O2. The molecule has 0 saturated carbocycles. The Hall–Kier alpha value is -2.30. The number of nitrogens with zero attached hydrogens (tertiary/aromatic N) is 1. The molecule has 0 bridgehead atoms. The van der Waals surface area contributed by atoms with Crippen LogP contribution in [0.1, 0.15) is 0 Å². The van der Waals surface area contributed by atoms with E-state index in [1.54, 1.807) is 6.20 Å². The molecule has 3 N–H and O–H groups in total. The van der Waals surface area contributed by atoms with E-state index in [4.69, 9.17) is 5.73 Å². The Kier molecular flexibility index (Phi) is 3.40. The Morgan fingerprint density at radius 3 is 3.00 bits per heavy atom. The van der Waals surface area contributed by atoms with Crippen LogP contribution in [-0.4, -0.2) is 24.2 Å². The lowest BCUT2D eigenvalue weighted by molar-refractivity contribution is 0.161. The van der Waals surface area contributed by atoms with Gasteiger partial charge in [-0.25, -0.2) is 9.78 Å². The third-order valence-corrected chi connectivity index (χ3v) is 2.31. The van der Waals surface area contributed by atoms with Gasteiger partial charge >= 0.3 is 6.09 Å². The quantitative estimate of drug-likeness (QED) is 0.786. The van der Waals surface area contributed by atoms with E-state index in [0.29, 0.717) is 6.54 Å². The number of primary amides is 1. The summed E-state index contributed by atoms with van der Waals surface area (Å²) in [4.78, 5) is 14.6. The molecule has 0 spiro atoms. The highest BCUT2D eigenvalue weighted by Crippen LogP contribution is 2.19. The second-order valence-corrected chi connectivity index (χ2v) is 3.47. The molecule has 0 atom stereocenters. The Morgan fingerprint density at radius 1 is 1.35 bits per heavy atom. The number of aromatic nitrogens is 1. The van der Waals surface area contributed by atoms with Crippen molar-refractivity contribution in [3.8, 4) is 0 Å². The van der Waals surface area contributed by atoms with E-state index in [9.17, 15) is 4.79 Å². The van der Waals surface area contributed by atoms with Crippen LogP contribution < -0.4 is 11.1 Å². The minimum Gasteiger partial charge on any atom is -0.448 e. The summed E-state index contributed by atoms with van der Waals surface area (Å²) in [7, 11) is 0. The maximum Gasteiger partial charge on any atom is 0.404 e. The number of hydrogen-bond donors (Lipinski definition) is 2. The molecule has 1 heterocycles. The molecule has 1 aromatic carbocycles. The van der Waals surface area contributed by atoms with E-state index in [2.05, 4.69) is 15.0 Å². The zero-order valence-electron chi connectivity index (χ0n) is 9.22. The number of carbonyl (C=O) groups excluding carboxylic acids is 1. The van der Waals surface area contributed by atoms with Crippen molar-refractivity contribution in [2.24, 2.45) is 5.73 Å². The monoisotopic (exact) mass is 231 g/mol. The van der Waals surface area contributed by atoms with Gasteiger partial charge in [0.05, 0.1) is 6.54 Å². The minimum atomic E-state index is -0.766. The summed E-state index contributed by atoms with van der Waals surface area (Å²) in [6.07, 6.45) is 0.970. The summed E-state index contributed by atoms with van der Waals surface area (Å²) in [6, 6.07) is 9.87. The van der Waals surface area contributed by atoms with Crippen LogP contribution in [-0.2, 0) is 4.74 Å². The topological polar surface area (TPSA) is 77.2 Å². The van der Waals surface area contributed by atoms with E-state index >= 15 is 0 Å². The second-order valence-electron chi connectivity index (χ2n) is 3.47. The molecule has 88 valence electrons. The number of benzene rings is 1. The molecule has 0 aliphatic carbocycles. The van der Waals surface area contributed by atoms with Crippen molar-refractivity contribution in [2.75, 3.05) is 18.5 Å². The first-order chi connectivity index (χ1) is 8.27. The van der Waals surface area contributed by atoms with Crippen molar-refractivity contribution in [1.29, 1.82) is 0 Å². The molecule has 0 radical (unpaired) electrons. The molecular weight excluding hydrogens is 218 g/mol. The molecule has 2 aromatic rings. The number of carbonyl (C=O) groups is 1. The summed E-state index contributed by atoms with van der Waals surface area (Å²) < 4.78 is 4.62. The molecule has 0 aliphatic heterocycles. The van der Waals surface area contributed by atoms with E-state index in [1.807, 2.05) is 30.3 Å². The number of pyridine rings is 1. The predicted octanol–water partition coefficient (Wildman–Crippen LogP) is 1.74. The number of amides is 1. The standard InChI is InChI=1S/C12H13N3O2/c13-12(16)17-8-7-15-11-10-4-2-1-3-9(10)5-6-14-11/h1-6H,7-8H2,(H2,13,16)(H,14,15). The van der Waals surface area contributed by atoms with Crippen LogP contribution in [0.25, 0.3) is 10.8 Å². The van der Waals surface area contributed by atoms with Crippen LogP contribution in [0, 0.1) is 0 Å². The van der Waals surface area contributed by atoms with Crippen molar-refractivity contribution in [1.82, 2.24) is 4.98 Å². The highest BCUT2D eigenvalue weighted by molar-refractivity contribution is 5.91. The van der Waals surface area contributed by atoms with Gasteiger partial charge < -0.3 is 15.8 Å². The molecule has 5 heteroatoms. The lowest BCUT2D eigenvalue weighted by Crippen LogP contribution is -2.18. The second kappa shape index (κ2) is 5.16. The highest BCUT2D eigenvalue weighted by atomic mass is 16.5. The fourth-order valence-corrected chi connectivity index (χ4v) is 1.58. The van der Waals surface area contributed by atoms with Crippen LogP contribution in [0.2, 0.25) is 0 Å². The molecule has 0 fully saturated rings. The Bertz CT molecular complexity index is 523. The summed E-state index contributed by atoms with van der Waals surface area (Å²) in [5.74, 6) is 0.774. The number of hydrogen-bond acceptors (Lipinski definition) is 4. The lowest BCUT2D eigenvalue weighted by atomic mass is 10.1. The third-order valence-electron chi connectivity index (χ3n) is 2.31. The first-order valence-electron chi connectivity index (χ1n) is 5.27. The molecule has 5 nitrogen and oxygen atoms in total. The van der Waals surface area contributed by atoms with Crippen molar-refractivity contribution >= 4 is 22.7 Å². The number of nitrogens with one attached hydrogen (secondary N) is 1. The molecule has 2 rings (SSSR count).